The van der Waals surface area contributed by atoms with Gasteiger partial charge in [0, 0.05) is 5.39 Å². The molecule has 0 spiro atoms. The fourth-order valence-electron chi connectivity index (χ4n) is 4.05. The van der Waals surface area contributed by atoms with Gasteiger partial charge in [0.15, 0.2) is 12.3 Å². The second-order valence-corrected chi connectivity index (χ2v) is 8.02. The molecule has 0 bridgehead atoms. The number of amides is 1. The van der Waals surface area contributed by atoms with E-state index in [1.165, 1.54) is 10.2 Å². The van der Waals surface area contributed by atoms with Crippen molar-refractivity contribution >= 4 is 22.6 Å². The normalized spacial score (nSPS) is 15.5. The highest BCUT2D eigenvalue weighted by atomic mass is 16.5. The van der Waals surface area contributed by atoms with Gasteiger partial charge in [-0.25, -0.2) is 9.48 Å². The third-order valence-electron chi connectivity index (χ3n) is 5.55. The molecule has 0 unspecified atom stereocenters. The molecule has 7 heteroatoms. The number of aryl methyl sites for hydroxylation is 1. The number of nitrogens with zero attached hydrogens (tertiary/aromatic N) is 2. The molecule has 0 fully saturated rings. The lowest BCUT2D eigenvalue weighted by Crippen LogP contribution is -2.34. The number of carbonyl (C=O) groups is 2. The van der Waals surface area contributed by atoms with Gasteiger partial charge in [-0.15, -0.1) is 0 Å². The second kappa shape index (κ2) is 8.71. The van der Waals surface area contributed by atoms with Gasteiger partial charge >= 0.3 is 5.97 Å². The van der Waals surface area contributed by atoms with Crippen LogP contribution in [0.1, 0.15) is 60.4 Å². The summed E-state index contributed by atoms with van der Waals surface area (Å²) in [6.45, 7) is 3.22. The molecule has 1 amide bonds. The molecule has 1 N–H and O–H groups in total. The summed E-state index contributed by atoms with van der Waals surface area (Å²) in [4.78, 5) is 37.9. The third-order valence-corrected chi connectivity index (χ3v) is 5.55. The van der Waals surface area contributed by atoms with Crippen molar-refractivity contribution in [3.8, 4) is 0 Å². The number of carbonyl (C=O) groups excluding carboxylic acids is 2. The van der Waals surface area contributed by atoms with E-state index in [1.807, 2.05) is 32.0 Å². The number of esters is 1. The molecule has 31 heavy (non-hydrogen) atoms. The van der Waals surface area contributed by atoms with Gasteiger partial charge in [-0.3, -0.25) is 9.59 Å². The van der Waals surface area contributed by atoms with E-state index in [1.54, 1.807) is 24.3 Å². The zero-order valence-corrected chi connectivity index (χ0v) is 17.6. The lowest BCUT2D eigenvalue weighted by atomic mass is 9.88. The minimum absolute atomic E-state index is 0.0275. The summed E-state index contributed by atoms with van der Waals surface area (Å²) < 4.78 is 6.54. The van der Waals surface area contributed by atoms with Gasteiger partial charge < -0.3 is 10.1 Å². The van der Waals surface area contributed by atoms with Crippen LogP contribution in [-0.2, 0) is 16.0 Å². The first-order valence-corrected chi connectivity index (χ1v) is 10.5. The van der Waals surface area contributed by atoms with Gasteiger partial charge in [-0.05, 0) is 50.3 Å². The summed E-state index contributed by atoms with van der Waals surface area (Å²) in [5.74, 6) is -1.10. The Morgan fingerprint density at radius 1 is 1.13 bits per heavy atom. The van der Waals surface area contributed by atoms with Gasteiger partial charge in [0.25, 0.3) is 11.5 Å². The Bertz CT molecular complexity index is 1200. The van der Waals surface area contributed by atoms with E-state index in [2.05, 4.69) is 16.5 Å². The second-order valence-electron chi connectivity index (χ2n) is 8.02. The third kappa shape index (κ3) is 4.21. The van der Waals surface area contributed by atoms with Gasteiger partial charge in [0.2, 0.25) is 0 Å². The van der Waals surface area contributed by atoms with E-state index in [0.717, 1.165) is 24.8 Å². The fourth-order valence-corrected chi connectivity index (χ4v) is 4.05. The molecule has 7 nitrogen and oxygen atoms in total. The Labute approximate surface area is 180 Å². The predicted molar refractivity (Wildman–Crippen MR) is 117 cm³/mol. The maximum Gasteiger partial charge on any atom is 0.359 e. The summed E-state index contributed by atoms with van der Waals surface area (Å²) in [7, 11) is 0. The molecule has 160 valence electrons. The maximum absolute atomic E-state index is 12.8. The highest BCUT2D eigenvalue weighted by molar-refractivity contribution is 6.02. The molecule has 1 aromatic heterocycles. The average Bonchev–Trinajstić information content (AvgIpc) is 2.78. The highest BCUT2D eigenvalue weighted by Gasteiger charge is 2.23. The Hall–Kier alpha value is -3.48. The number of hydrogen-bond acceptors (Lipinski definition) is 5. The van der Waals surface area contributed by atoms with Crippen molar-refractivity contribution in [2.24, 2.45) is 0 Å². The van der Waals surface area contributed by atoms with Crippen LogP contribution < -0.4 is 10.9 Å². The van der Waals surface area contributed by atoms with Crippen molar-refractivity contribution < 1.29 is 14.3 Å². The molecule has 2 aromatic carbocycles. The van der Waals surface area contributed by atoms with Crippen LogP contribution in [0.4, 0.5) is 0 Å². The van der Waals surface area contributed by atoms with Crippen LogP contribution in [0.5, 0.6) is 0 Å². The number of aromatic nitrogens is 2. The van der Waals surface area contributed by atoms with E-state index >= 15 is 0 Å². The van der Waals surface area contributed by atoms with Crippen molar-refractivity contribution in [3.63, 3.8) is 0 Å². The first kappa shape index (κ1) is 20.8. The number of fused-ring (bicyclic) bond motifs is 2. The topological polar surface area (TPSA) is 90.3 Å². The van der Waals surface area contributed by atoms with E-state index in [4.69, 9.17) is 4.74 Å². The lowest BCUT2D eigenvalue weighted by molar-refractivity contribution is -0.125. The zero-order chi connectivity index (χ0) is 22.0. The highest BCUT2D eigenvalue weighted by Crippen LogP contribution is 2.29. The van der Waals surface area contributed by atoms with Crippen molar-refractivity contribution in [1.82, 2.24) is 15.1 Å². The summed E-state index contributed by atoms with van der Waals surface area (Å²) >= 11 is 0. The number of rotatable bonds is 5. The maximum atomic E-state index is 12.8. The molecule has 1 aliphatic carbocycles. The molecule has 0 saturated carbocycles. The first-order chi connectivity index (χ1) is 15.0. The van der Waals surface area contributed by atoms with Crippen LogP contribution in [-0.4, -0.2) is 28.3 Å². The summed E-state index contributed by atoms with van der Waals surface area (Å²) in [6, 6.07) is 14.5. The number of nitrogens with one attached hydrogen (secondary N) is 1. The SMILES string of the molecule is CC(C)n1nc(C(=O)OCC(=O)N[C@@H]2CCCc3ccccc32)c2ccccc2c1=O. The monoisotopic (exact) mass is 419 g/mol. The molecule has 0 radical (unpaired) electrons. The van der Waals surface area contributed by atoms with Crippen LogP contribution >= 0.6 is 0 Å². The van der Waals surface area contributed by atoms with Crippen LogP contribution in [0.2, 0.25) is 0 Å². The van der Waals surface area contributed by atoms with Crippen molar-refractivity contribution in [3.05, 3.63) is 75.7 Å². The van der Waals surface area contributed by atoms with Crippen molar-refractivity contribution in [2.75, 3.05) is 6.61 Å². The average molecular weight is 419 g/mol. The molecular weight excluding hydrogens is 394 g/mol. The molecule has 4 rings (SSSR count). The first-order valence-electron chi connectivity index (χ1n) is 10.5. The Kier molecular flexibility index (Phi) is 5.84. The van der Waals surface area contributed by atoms with Crippen LogP contribution in [0.3, 0.4) is 0 Å². The summed E-state index contributed by atoms with van der Waals surface area (Å²) in [5.41, 5.74) is 2.11. The van der Waals surface area contributed by atoms with Gasteiger partial charge in [-0.1, -0.05) is 42.5 Å². The van der Waals surface area contributed by atoms with E-state index < -0.39 is 12.6 Å². The van der Waals surface area contributed by atoms with Crippen molar-refractivity contribution in [1.29, 1.82) is 0 Å². The van der Waals surface area contributed by atoms with E-state index in [0.29, 0.717) is 10.8 Å². The quantitative estimate of drug-likeness (QED) is 0.641. The predicted octanol–water partition coefficient (Wildman–Crippen LogP) is 3.33. The molecule has 0 aliphatic heterocycles. The van der Waals surface area contributed by atoms with E-state index in [9.17, 15) is 14.4 Å². The molecule has 3 aromatic rings. The molecule has 1 atom stereocenters. The Morgan fingerprint density at radius 2 is 1.84 bits per heavy atom. The molecule has 0 saturated heterocycles. The Balaban J connectivity index is 1.50. The van der Waals surface area contributed by atoms with Gasteiger partial charge in [0.05, 0.1) is 17.5 Å². The fraction of sp³-hybridized carbons (Fsp3) is 0.333. The van der Waals surface area contributed by atoms with Crippen molar-refractivity contribution in [2.45, 2.75) is 45.2 Å². The smallest absolute Gasteiger partial charge is 0.359 e. The largest absolute Gasteiger partial charge is 0.451 e. The summed E-state index contributed by atoms with van der Waals surface area (Å²) in [6.07, 6.45) is 2.85. The van der Waals surface area contributed by atoms with Crippen LogP contribution in [0.25, 0.3) is 10.8 Å². The lowest BCUT2D eigenvalue weighted by Gasteiger charge is -2.26. The van der Waals surface area contributed by atoms with E-state index in [-0.39, 0.29) is 29.2 Å². The van der Waals surface area contributed by atoms with Gasteiger partial charge in [0.1, 0.15) is 0 Å². The Morgan fingerprint density at radius 3 is 2.61 bits per heavy atom. The molecule has 1 heterocycles. The standard InChI is InChI=1S/C24H25N3O4/c1-15(2)27-23(29)19-12-6-5-11-18(19)22(26-27)24(30)31-14-21(28)25-20-13-7-9-16-8-3-4-10-17(16)20/h3-6,8,10-12,15,20H,7,9,13-14H2,1-2H3,(H,25,28)/t20-/m1/s1. The summed E-state index contributed by atoms with van der Waals surface area (Å²) in [5, 5.41) is 7.99. The molecular formula is C24H25N3O4. The van der Waals surface area contributed by atoms with Crippen LogP contribution in [0.15, 0.2) is 53.3 Å². The zero-order valence-electron chi connectivity index (χ0n) is 17.6. The number of benzene rings is 2. The van der Waals surface area contributed by atoms with Gasteiger partial charge in [-0.2, -0.15) is 5.10 Å². The molecule has 1 aliphatic rings. The number of hydrogen-bond donors (Lipinski definition) is 1. The number of ether oxygens (including phenoxy) is 1. The minimum Gasteiger partial charge on any atom is -0.451 e. The van der Waals surface area contributed by atoms with Crippen LogP contribution in [0, 0.1) is 0 Å². The minimum atomic E-state index is -0.732.